The number of hydrogen-bond acceptors (Lipinski definition) is 5. The summed E-state index contributed by atoms with van der Waals surface area (Å²) in [6, 6.07) is 5.62. The molecule has 0 fully saturated rings. The van der Waals surface area contributed by atoms with Gasteiger partial charge in [0.25, 0.3) is 0 Å². The number of methoxy groups -OCH3 is 1. The first-order valence-electron chi connectivity index (χ1n) is 5.00. The highest BCUT2D eigenvalue weighted by molar-refractivity contribution is 8.00. The molecule has 1 rings (SSSR count). The third kappa shape index (κ3) is 3.83. The molecule has 2 N–H and O–H groups in total. The smallest absolute Gasteiger partial charge is 0.315 e. The number of aromatic nitrogens is 1. The molecule has 0 spiro atoms. The summed E-state index contributed by atoms with van der Waals surface area (Å²) in [5.74, 6) is 0.0470. The highest BCUT2D eigenvalue weighted by atomic mass is 32.2. The molecule has 0 bridgehead atoms. The van der Waals surface area contributed by atoms with Crippen LogP contribution >= 0.6 is 11.8 Å². The second kappa shape index (κ2) is 6.50. The Balaban J connectivity index is 2.66. The van der Waals surface area contributed by atoms with Crippen molar-refractivity contribution in [1.82, 2.24) is 4.98 Å². The quantitative estimate of drug-likeness (QED) is 0.788. The molecular weight excluding hydrogens is 224 g/mol. The van der Waals surface area contributed by atoms with Crippen molar-refractivity contribution in [3.63, 3.8) is 0 Å². The third-order valence-corrected chi connectivity index (χ3v) is 3.50. The molecule has 16 heavy (non-hydrogen) atoms. The number of hydrogen-bond donors (Lipinski definition) is 1. The molecule has 0 saturated heterocycles. The van der Waals surface area contributed by atoms with Crippen LogP contribution in [0.15, 0.2) is 24.4 Å². The first-order valence-corrected chi connectivity index (χ1v) is 6.05. The van der Waals surface area contributed by atoms with Gasteiger partial charge in [-0.2, -0.15) is 0 Å². The summed E-state index contributed by atoms with van der Waals surface area (Å²) in [5, 5.41) is 0.0142. The number of nitrogens with two attached hydrogens (primary N) is 1. The van der Waals surface area contributed by atoms with E-state index in [0.717, 1.165) is 5.69 Å². The Hall–Kier alpha value is -1.07. The van der Waals surface area contributed by atoms with Gasteiger partial charge in [-0.15, -0.1) is 11.8 Å². The monoisotopic (exact) mass is 240 g/mol. The van der Waals surface area contributed by atoms with Crippen molar-refractivity contribution in [3.05, 3.63) is 30.1 Å². The van der Waals surface area contributed by atoms with Crippen molar-refractivity contribution >= 4 is 17.7 Å². The van der Waals surface area contributed by atoms with Crippen LogP contribution in [0.1, 0.15) is 17.9 Å². The summed E-state index contributed by atoms with van der Waals surface area (Å²) in [7, 11) is 1.38. The molecule has 0 aliphatic carbocycles. The molecule has 0 saturated carbocycles. The van der Waals surface area contributed by atoms with Crippen LogP contribution < -0.4 is 5.73 Å². The Labute approximate surface area is 99.6 Å². The van der Waals surface area contributed by atoms with E-state index in [9.17, 15) is 4.79 Å². The van der Waals surface area contributed by atoms with E-state index in [0.29, 0.717) is 5.75 Å². The first kappa shape index (κ1) is 13.0. The maximum atomic E-state index is 11.1. The first-order chi connectivity index (χ1) is 7.65. The molecule has 4 nitrogen and oxygen atoms in total. The maximum Gasteiger partial charge on any atom is 0.315 e. The van der Waals surface area contributed by atoms with Gasteiger partial charge < -0.3 is 10.5 Å². The fraction of sp³-hybridized carbons (Fsp3) is 0.455. The number of ether oxygens (including phenoxy) is 1. The zero-order valence-corrected chi connectivity index (χ0v) is 10.2. The molecule has 88 valence electrons. The summed E-state index contributed by atoms with van der Waals surface area (Å²) in [4.78, 5) is 15.3. The molecule has 1 heterocycles. The molecule has 0 radical (unpaired) electrons. The Morgan fingerprint density at radius 3 is 2.88 bits per heavy atom. The highest BCUT2D eigenvalue weighted by Crippen LogP contribution is 2.29. The molecule has 1 aromatic rings. The van der Waals surface area contributed by atoms with Crippen molar-refractivity contribution in [1.29, 1.82) is 0 Å². The minimum Gasteiger partial charge on any atom is -0.468 e. The van der Waals surface area contributed by atoms with Crippen molar-refractivity contribution in [2.45, 2.75) is 18.2 Å². The van der Waals surface area contributed by atoms with Gasteiger partial charge in [0.05, 0.1) is 23.8 Å². The van der Waals surface area contributed by atoms with E-state index in [-0.39, 0.29) is 17.3 Å². The van der Waals surface area contributed by atoms with Crippen LogP contribution in [0.3, 0.4) is 0 Å². The number of rotatable bonds is 5. The van der Waals surface area contributed by atoms with Gasteiger partial charge >= 0.3 is 5.97 Å². The van der Waals surface area contributed by atoms with E-state index >= 15 is 0 Å². The lowest BCUT2D eigenvalue weighted by Crippen LogP contribution is -2.24. The van der Waals surface area contributed by atoms with E-state index in [1.807, 2.05) is 25.1 Å². The van der Waals surface area contributed by atoms with Crippen molar-refractivity contribution in [3.8, 4) is 0 Å². The van der Waals surface area contributed by atoms with E-state index in [1.54, 1.807) is 6.20 Å². The van der Waals surface area contributed by atoms with Gasteiger partial charge in [0.2, 0.25) is 0 Å². The SMILES string of the molecule is COC(=O)CSC(c1ccccn1)C(C)N. The molecule has 1 aromatic heterocycles. The molecule has 2 unspecified atom stereocenters. The van der Waals surface area contributed by atoms with Gasteiger partial charge in [0.15, 0.2) is 0 Å². The van der Waals surface area contributed by atoms with Crippen LogP contribution in [0, 0.1) is 0 Å². The van der Waals surface area contributed by atoms with Gasteiger partial charge in [-0.3, -0.25) is 9.78 Å². The molecular formula is C11H16N2O2S. The topological polar surface area (TPSA) is 65.2 Å². The normalized spacial score (nSPS) is 14.2. The standard InChI is InChI=1S/C11H16N2O2S/c1-8(12)11(16-7-10(14)15-2)9-5-3-4-6-13-9/h3-6,8,11H,7,12H2,1-2H3. The van der Waals surface area contributed by atoms with Crippen LogP contribution in [0.2, 0.25) is 0 Å². The van der Waals surface area contributed by atoms with E-state index in [4.69, 9.17) is 5.73 Å². The van der Waals surface area contributed by atoms with Gasteiger partial charge in [-0.25, -0.2) is 0 Å². The maximum absolute atomic E-state index is 11.1. The molecule has 2 atom stereocenters. The summed E-state index contributed by atoms with van der Waals surface area (Å²) in [6.07, 6.45) is 1.73. The number of nitrogens with zero attached hydrogens (tertiary/aromatic N) is 1. The zero-order valence-electron chi connectivity index (χ0n) is 9.42. The minimum atomic E-state index is -0.244. The number of carbonyl (C=O) groups excluding carboxylic acids is 1. The summed E-state index contributed by atoms with van der Waals surface area (Å²) < 4.78 is 4.60. The van der Waals surface area contributed by atoms with Gasteiger partial charge in [0, 0.05) is 12.2 Å². The summed E-state index contributed by atoms with van der Waals surface area (Å²) >= 11 is 1.45. The number of esters is 1. The van der Waals surface area contributed by atoms with E-state index < -0.39 is 0 Å². The summed E-state index contributed by atoms with van der Waals surface area (Å²) in [6.45, 7) is 1.91. The van der Waals surface area contributed by atoms with Crippen LogP contribution in [-0.2, 0) is 9.53 Å². The number of thioether (sulfide) groups is 1. The van der Waals surface area contributed by atoms with E-state index in [1.165, 1.54) is 18.9 Å². The van der Waals surface area contributed by atoms with Gasteiger partial charge in [-0.1, -0.05) is 6.07 Å². The number of pyridine rings is 1. The molecule has 5 heteroatoms. The van der Waals surface area contributed by atoms with Crippen molar-refractivity contribution in [2.75, 3.05) is 12.9 Å². The summed E-state index contributed by atoms with van der Waals surface area (Å²) in [5.41, 5.74) is 6.78. The van der Waals surface area contributed by atoms with Gasteiger partial charge in [0.1, 0.15) is 0 Å². The Kier molecular flexibility index (Phi) is 5.28. The minimum absolute atomic E-state index is 0.0142. The average Bonchev–Trinajstić information content (AvgIpc) is 2.30. The Morgan fingerprint density at radius 2 is 2.38 bits per heavy atom. The van der Waals surface area contributed by atoms with Crippen LogP contribution in [-0.4, -0.2) is 29.9 Å². The van der Waals surface area contributed by atoms with Crippen molar-refractivity contribution < 1.29 is 9.53 Å². The lowest BCUT2D eigenvalue weighted by atomic mass is 10.2. The Morgan fingerprint density at radius 1 is 1.62 bits per heavy atom. The molecule has 0 aliphatic heterocycles. The fourth-order valence-electron chi connectivity index (χ4n) is 1.27. The van der Waals surface area contributed by atoms with Gasteiger partial charge in [-0.05, 0) is 19.1 Å². The van der Waals surface area contributed by atoms with Crippen LogP contribution in [0.4, 0.5) is 0 Å². The second-order valence-corrected chi connectivity index (χ2v) is 4.55. The van der Waals surface area contributed by atoms with Crippen LogP contribution in [0.25, 0.3) is 0 Å². The predicted molar refractivity (Wildman–Crippen MR) is 65.1 cm³/mol. The van der Waals surface area contributed by atoms with Crippen LogP contribution in [0.5, 0.6) is 0 Å². The zero-order chi connectivity index (χ0) is 12.0. The predicted octanol–water partition coefficient (Wildman–Crippen LogP) is 1.38. The average molecular weight is 240 g/mol. The fourth-order valence-corrected chi connectivity index (χ4v) is 2.31. The highest BCUT2D eigenvalue weighted by Gasteiger charge is 2.19. The molecule has 0 aromatic carbocycles. The Bertz CT molecular complexity index is 330. The second-order valence-electron chi connectivity index (χ2n) is 3.42. The van der Waals surface area contributed by atoms with E-state index in [2.05, 4.69) is 9.72 Å². The lowest BCUT2D eigenvalue weighted by Gasteiger charge is -2.18. The molecule has 0 aliphatic rings. The molecule has 0 amide bonds. The lowest BCUT2D eigenvalue weighted by molar-refractivity contribution is -0.137. The van der Waals surface area contributed by atoms with Crippen molar-refractivity contribution in [2.24, 2.45) is 5.73 Å². The third-order valence-electron chi connectivity index (χ3n) is 2.07. The number of carbonyl (C=O) groups is 1. The largest absolute Gasteiger partial charge is 0.468 e.